The number of halogens is 2. The highest BCUT2D eigenvalue weighted by molar-refractivity contribution is 6.42. The molecule has 0 atom stereocenters. The first-order valence-electron chi connectivity index (χ1n) is 7.96. The van der Waals surface area contributed by atoms with Gasteiger partial charge < -0.3 is 10.2 Å². The highest BCUT2D eigenvalue weighted by atomic mass is 35.5. The van der Waals surface area contributed by atoms with Crippen LogP contribution in [0, 0.1) is 13.8 Å². The fraction of sp³-hybridized carbons (Fsp3) is 0.235. The Labute approximate surface area is 165 Å². The van der Waals surface area contributed by atoms with Crippen molar-refractivity contribution in [2.45, 2.75) is 13.8 Å². The number of amides is 2. The van der Waals surface area contributed by atoms with Crippen molar-refractivity contribution in [2.75, 3.05) is 18.9 Å². The van der Waals surface area contributed by atoms with Crippen LogP contribution in [-0.4, -0.2) is 49.9 Å². The van der Waals surface area contributed by atoms with Gasteiger partial charge in [-0.3, -0.25) is 9.59 Å². The second kappa shape index (κ2) is 7.50. The van der Waals surface area contributed by atoms with E-state index in [4.69, 9.17) is 23.2 Å². The van der Waals surface area contributed by atoms with E-state index in [1.165, 1.54) is 22.5 Å². The number of carbonyl (C=O) groups is 2. The molecule has 2 heterocycles. The zero-order valence-electron chi connectivity index (χ0n) is 14.8. The molecule has 3 aromatic rings. The van der Waals surface area contributed by atoms with Gasteiger partial charge in [-0.1, -0.05) is 23.2 Å². The number of aryl methyl sites for hydroxylation is 2. The van der Waals surface area contributed by atoms with Crippen LogP contribution in [0.2, 0.25) is 10.0 Å². The van der Waals surface area contributed by atoms with Gasteiger partial charge in [-0.15, -0.1) is 5.10 Å². The summed E-state index contributed by atoms with van der Waals surface area (Å²) < 4.78 is 1.49. The van der Waals surface area contributed by atoms with E-state index in [9.17, 15) is 9.59 Å². The van der Waals surface area contributed by atoms with Gasteiger partial charge in [0.2, 0.25) is 11.7 Å². The number of hydrogen-bond acceptors (Lipinski definition) is 5. The maximum atomic E-state index is 12.5. The van der Waals surface area contributed by atoms with Crippen molar-refractivity contribution in [1.82, 2.24) is 24.5 Å². The Morgan fingerprint density at radius 2 is 1.89 bits per heavy atom. The number of benzene rings is 1. The minimum Gasteiger partial charge on any atom is -0.330 e. The lowest BCUT2D eigenvalue weighted by atomic mass is 10.3. The van der Waals surface area contributed by atoms with E-state index < -0.39 is 11.8 Å². The van der Waals surface area contributed by atoms with Crippen LogP contribution in [-0.2, 0) is 4.79 Å². The maximum absolute atomic E-state index is 12.5. The maximum Gasteiger partial charge on any atom is 0.293 e. The molecule has 0 unspecified atom stereocenters. The summed E-state index contributed by atoms with van der Waals surface area (Å²) in [5.41, 5.74) is 2.07. The lowest BCUT2D eigenvalue weighted by molar-refractivity contribution is -0.116. The van der Waals surface area contributed by atoms with E-state index in [1.54, 1.807) is 12.1 Å². The Morgan fingerprint density at radius 3 is 2.59 bits per heavy atom. The Bertz CT molecular complexity index is 1050. The standard InChI is InChI=1S/C17H16Cl2N6O2/c1-9-6-10(2)25-17(20-9)22-15(23-25)16(27)24(3)8-14(26)21-11-4-5-12(18)13(19)7-11/h4-7H,8H2,1-3H3,(H,21,26). The smallest absolute Gasteiger partial charge is 0.293 e. The first kappa shape index (κ1) is 19.1. The molecule has 10 heteroatoms. The molecule has 1 N–H and O–H groups in total. The summed E-state index contributed by atoms with van der Waals surface area (Å²) in [6, 6.07) is 6.56. The van der Waals surface area contributed by atoms with Crippen molar-refractivity contribution in [2.24, 2.45) is 0 Å². The SMILES string of the molecule is Cc1cc(C)n2nc(C(=O)N(C)CC(=O)Nc3ccc(Cl)c(Cl)c3)nc2n1. The minimum absolute atomic E-state index is 0.0268. The number of rotatable bonds is 4. The third kappa shape index (κ3) is 4.17. The largest absolute Gasteiger partial charge is 0.330 e. The van der Waals surface area contributed by atoms with Crippen LogP contribution in [0.3, 0.4) is 0 Å². The molecule has 0 saturated carbocycles. The first-order valence-corrected chi connectivity index (χ1v) is 8.71. The molecule has 0 aliphatic carbocycles. The molecule has 2 amide bonds. The molecule has 3 rings (SSSR count). The Morgan fingerprint density at radius 1 is 1.15 bits per heavy atom. The van der Waals surface area contributed by atoms with Crippen LogP contribution in [0.4, 0.5) is 5.69 Å². The van der Waals surface area contributed by atoms with Gasteiger partial charge in [0.25, 0.3) is 11.7 Å². The second-order valence-corrected chi connectivity index (χ2v) is 6.84. The number of fused-ring (bicyclic) bond motifs is 1. The Hall–Kier alpha value is -2.71. The average Bonchev–Trinajstić information content (AvgIpc) is 3.01. The summed E-state index contributed by atoms with van der Waals surface area (Å²) in [5, 5.41) is 7.54. The number of aromatic nitrogens is 4. The van der Waals surface area contributed by atoms with Crippen LogP contribution in [0.25, 0.3) is 5.78 Å². The van der Waals surface area contributed by atoms with Crippen molar-refractivity contribution < 1.29 is 9.59 Å². The third-order valence-electron chi connectivity index (χ3n) is 3.74. The fourth-order valence-electron chi connectivity index (χ4n) is 2.49. The highest BCUT2D eigenvalue weighted by Gasteiger charge is 2.21. The third-order valence-corrected chi connectivity index (χ3v) is 4.48. The van der Waals surface area contributed by atoms with Crippen LogP contribution < -0.4 is 5.32 Å². The van der Waals surface area contributed by atoms with E-state index in [0.717, 1.165) is 11.4 Å². The van der Waals surface area contributed by atoms with Crippen molar-refractivity contribution >= 4 is 46.5 Å². The molecule has 0 radical (unpaired) electrons. The van der Waals surface area contributed by atoms with E-state index in [0.29, 0.717) is 21.5 Å². The summed E-state index contributed by atoms with van der Waals surface area (Å²) >= 11 is 11.8. The Balaban J connectivity index is 1.70. The molecule has 0 spiro atoms. The zero-order chi connectivity index (χ0) is 19.7. The average molecular weight is 407 g/mol. The zero-order valence-corrected chi connectivity index (χ0v) is 16.3. The van der Waals surface area contributed by atoms with E-state index in [1.807, 2.05) is 19.9 Å². The van der Waals surface area contributed by atoms with E-state index in [2.05, 4.69) is 20.4 Å². The topological polar surface area (TPSA) is 92.5 Å². The molecule has 0 aliphatic rings. The summed E-state index contributed by atoms with van der Waals surface area (Å²) in [4.78, 5) is 34.4. The van der Waals surface area contributed by atoms with Crippen LogP contribution in [0.1, 0.15) is 22.0 Å². The number of nitrogens with one attached hydrogen (secondary N) is 1. The number of nitrogens with zero attached hydrogens (tertiary/aromatic N) is 5. The van der Waals surface area contributed by atoms with Crippen LogP contribution in [0.5, 0.6) is 0 Å². The van der Waals surface area contributed by atoms with Crippen LogP contribution >= 0.6 is 23.2 Å². The van der Waals surface area contributed by atoms with Gasteiger partial charge in [-0.25, -0.2) is 9.50 Å². The van der Waals surface area contributed by atoms with Gasteiger partial charge in [0.05, 0.1) is 16.6 Å². The van der Waals surface area contributed by atoms with Crippen molar-refractivity contribution in [3.8, 4) is 0 Å². The van der Waals surface area contributed by atoms with Crippen molar-refractivity contribution in [3.63, 3.8) is 0 Å². The fourth-order valence-corrected chi connectivity index (χ4v) is 2.79. The lowest BCUT2D eigenvalue weighted by Gasteiger charge is -2.15. The summed E-state index contributed by atoms with van der Waals surface area (Å²) in [6.45, 7) is 3.50. The molecule has 8 nitrogen and oxygen atoms in total. The molecule has 0 aliphatic heterocycles. The summed E-state index contributed by atoms with van der Waals surface area (Å²) in [7, 11) is 1.49. The van der Waals surface area contributed by atoms with Crippen molar-refractivity contribution in [1.29, 1.82) is 0 Å². The minimum atomic E-state index is -0.484. The molecular weight excluding hydrogens is 391 g/mol. The number of anilines is 1. The van der Waals surface area contributed by atoms with Crippen LogP contribution in [0.15, 0.2) is 24.3 Å². The highest BCUT2D eigenvalue weighted by Crippen LogP contribution is 2.24. The molecule has 1 aromatic carbocycles. The van der Waals surface area contributed by atoms with Gasteiger partial charge in [-0.2, -0.15) is 4.98 Å². The van der Waals surface area contributed by atoms with E-state index in [-0.39, 0.29) is 12.4 Å². The molecule has 27 heavy (non-hydrogen) atoms. The first-order chi connectivity index (χ1) is 12.7. The lowest BCUT2D eigenvalue weighted by Crippen LogP contribution is -2.35. The van der Waals surface area contributed by atoms with E-state index >= 15 is 0 Å². The molecule has 2 aromatic heterocycles. The molecule has 0 bridgehead atoms. The van der Waals surface area contributed by atoms with Crippen molar-refractivity contribution in [3.05, 3.63) is 51.5 Å². The summed E-state index contributed by atoms with van der Waals surface area (Å²) in [5.74, 6) is -0.564. The van der Waals surface area contributed by atoms with Gasteiger partial charge >= 0.3 is 0 Å². The Kier molecular flexibility index (Phi) is 5.29. The quantitative estimate of drug-likeness (QED) is 0.718. The predicted octanol–water partition coefficient (Wildman–Crippen LogP) is 2.76. The predicted molar refractivity (Wildman–Crippen MR) is 102 cm³/mol. The molecular formula is C17H16Cl2N6O2. The molecule has 140 valence electrons. The molecule has 0 fully saturated rings. The number of likely N-dealkylation sites (N-methyl/N-ethyl adjacent to an activating group) is 1. The number of hydrogen-bond donors (Lipinski definition) is 1. The van der Waals surface area contributed by atoms with Gasteiger partial charge in [0.15, 0.2) is 0 Å². The van der Waals surface area contributed by atoms with Gasteiger partial charge in [-0.05, 0) is 38.1 Å². The van der Waals surface area contributed by atoms with Gasteiger partial charge in [0.1, 0.15) is 0 Å². The monoisotopic (exact) mass is 406 g/mol. The number of carbonyl (C=O) groups excluding carboxylic acids is 2. The van der Waals surface area contributed by atoms with Gasteiger partial charge in [0, 0.05) is 24.1 Å². The normalized spacial score (nSPS) is 10.9. The molecule has 0 saturated heterocycles. The summed E-state index contributed by atoms with van der Waals surface area (Å²) in [6.07, 6.45) is 0. The second-order valence-electron chi connectivity index (χ2n) is 6.02.